The molecule has 0 spiro atoms. The summed E-state index contributed by atoms with van der Waals surface area (Å²) in [4.78, 5) is 13.4. The molecule has 0 fully saturated rings. The van der Waals surface area contributed by atoms with E-state index >= 15 is 0 Å². The second kappa shape index (κ2) is 8.98. The highest BCUT2D eigenvalue weighted by Gasteiger charge is 2.12. The van der Waals surface area contributed by atoms with Crippen molar-refractivity contribution in [3.63, 3.8) is 0 Å². The van der Waals surface area contributed by atoms with Crippen molar-refractivity contribution >= 4 is 23.2 Å². The molecule has 0 radical (unpaired) electrons. The van der Waals surface area contributed by atoms with Gasteiger partial charge >= 0.3 is 0 Å². The molecule has 112 valence electrons. The maximum absolute atomic E-state index is 11.0. The molecule has 20 heavy (non-hydrogen) atoms. The summed E-state index contributed by atoms with van der Waals surface area (Å²) in [5, 5.41) is 2.75. The Morgan fingerprint density at radius 3 is 2.20 bits per heavy atom. The molecule has 0 aliphatic rings. The molecule has 1 aromatic carbocycles. The molecule has 1 unspecified atom stereocenters. The molecule has 0 saturated heterocycles. The van der Waals surface area contributed by atoms with E-state index in [0.29, 0.717) is 0 Å². The van der Waals surface area contributed by atoms with Crippen molar-refractivity contribution in [1.82, 2.24) is 4.90 Å². The van der Waals surface area contributed by atoms with E-state index in [1.807, 2.05) is 24.3 Å². The van der Waals surface area contributed by atoms with Gasteiger partial charge in [-0.25, -0.2) is 0 Å². The van der Waals surface area contributed by atoms with Gasteiger partial charge in [-0.1, -0.05) is 26.0 Å². The Bertz CT molecular complexity index is 399. The van der Waals surface area contributed by atoms with Crippen molar-refractivity contribution in [3.05, 3.63) is 29.8 Å². The molecule has 0 bridgehead atoms. The van der Waals surface area contributed by atoms with Crippen LogP contribution >= 0.6 is 11.6 Å². The van der Waals surface area contributed by atoms with Gasteiger partial charge in [0.05, 0.1) is 5.38 Å². The number of nitrogens with one attached hydrogen (secondary N) is 1. The molecule has 0 saturated carbocycles. The minimum atomic E-state index is -0.0581. The normalized spacial score (nSPS) is 12.4. The number of anilines is 1. The van der Waals surface area contributed by atoms with E-state index in [1.165, 1.54) is 6.92 Å². The van der Waals surface area contributed by atoms with Crippen molar-refractivity contribution in [1.29, 1.82) is 0 Å². The summed E-state index contributed by atoms with van der Waals surface area (Å²) in [7, 11) is 0. The van der Waals surface area contributed by atoms with Gasteiger partial charge in [0.15, 0.2) is 0 Å². The molecular weight excluding hydrogens is 272 g/mol. The number of benzene rings is 1. The molecule has 3 nitrogen and oxygen atoms in total. The third kappa shape index (κ3) is 5.93. The number of nitrogens with zero attached hydrogens (tertiary/aromatic N) is 1. The van der Waals surface area contributed by atoms with Crippen LogP contribution in [0.3, 0.4) is 0 Å². The van der Waals surface area contributed by atoms with Crippen LogP contribution in [0, 0.1) is 0 Å². The lowest BCUT2D eigenvalue weighted by molar-refractivity contribution is -0.114. The molecule has 0 aromatic heterocycles. The van der Waals surface area contributed by atoms with Crippen LogP contribution in [0.25, 0.3) is 0 Å². The highest BCUT2D eigenvalue weighted by Crippen LogP contribution is 2.23. The molecule has 1 amide bonds. The van der Waals surface area contributed by atoms with Gasteiger partial charge in [-0.15, -0.1) is 11.6 Å². The van der Waals surface area contributed by atoms with Crippen LogP contribution in [0.4, 0.5) is 5.69 Å². The molecule has 1 atom stereocenters. The number of amides is 1. The van der Waals surface area contributed by atoms with Gasteiger partial charge < -0.3 is 10.2 Å². The Morgan fingerprint density at radius 2 is 1.75 bits per heavy atom. The summed E-state index contributed by atoms with van der Waals surface area (Å²) >= 11 is 6.50. The third-order valence-electron chi connectivity index (χ3n) is 3.09. The van der Waals surface area contributed by atoms with E-state index in [1.54, 1.807) is 0 Å². The first kappa shape index (κ1) is 17.0. The Morgan fingerprint density at radius 1 is 1.20 bits per heavy atom. The SMILES string of the molecule is CCCN(CCC)CC(Cl)c1ccc(NC(C)=O)cc1. The van der Waals surface area contributed by atoms with Crippen LogP contribution in [0.5, 0.6) is 0 Å². The number of rotatable bonds is 8. The number of halogens is 1. The van der Waals surface area contributed by atoms with Crippen molar-refractivity contribution in [3.8, 4) is 0 Å². The summed E-state index contributed by atoms with van der Waals surface area (Å²) < 4.78 is 0. The molecule has 1 rings (SSSR count). The topological polar surface area (TPSA) is 32.3 Å². The van der Waals surface area contributed by atoms with Gasteiger partial charge in [0.25, 0.3) is 0 Å². The van der Waals surface area contributed by atoms with Gasteiger partial charge in [0.2, 0.25) is 5.91 Å². The maximum atomic E-state index is 11.0. The molecule has 0 aliphatic heterocycles. The van der Waals surface area contributed by atoms with E-state index in [9.17, 15) is 4.79 Å². The van der Waals surface area contributed by atoms with E-state index < -0.39 is 0 Å². The Kier molecular flexibility index (Phi) is 7.63. The number of hydrogen-bond donors (Lipinski definition) is 1. The Balaban J connectivity index is 2.61. The van der Waals surface area contributed by atoms with Crippen molar-refractivity contribution in [2.45, 2.75) is 39.0 Å². The third-order valence-corrected chi connectivity index (χ3v) is 3.48. The van der Waals surface area contributed by atoms with E-state index in [2.05, 4.69) is 24.1 Å². The van der Waals surface area contributed by atoms with Gasteiger partial charge in [-0.2, -0.15) is 0 Å². The van der Waals surface area contributed by atoms with Crippen LogP contribution in [0.1, 0.15) is 44.6 Å². The van der Waals surface area contributed by atoms with Crippen LogP contribution in [0.15, 0.2) is 24.3 Å². The van der Waals surface area contributed by atoms with Crippen molar-refractivity contribution < 1.29 is 4.79 Å². The fourth-order valence-electron chi connectivity index (χ4n) is 2.24. The van der Waals surface area contributed by atoms with Crippen molar-refractivity contribution in [2.75, 3.05) is 25.0 Å². The second-order valence-electron chi connectivity index (χ2n) is 5.07. The number of alkyl halides is 1. The van der Waals surface area contributed by atoms with Gasteiger partial charge in [0, 0.05) is 19.2 Å². The molecular formula is C16H25ClN2O. The summed E-state index contributed by atoms with van der Waals surface area (Å²) in [6, 6.07) is 7.77. The van der Waals surface area contributed by atoms with E-state index in [0.717, 1.165) is 43.7 Å². The summed E-state index contributed by atoms with van der Waals surface area (Å²) in [6.07, 6.45) is 2.29. The zero-order valence-corrected chi connectivity index (χ0v) is 13.4. The Hall–Kier alpha value is -1.06. The minimum absolute atomic E-state index is 0.0144. The average Bonchev–Trinajstić information content (AvgIpc) is 2.39. The largest absolute Gasteiger partial charge is 0.326 e. The minimum Gasteiger partial charge on any atom is -0.326 e. The standard InChI is InChI=1S/C16H25ClN2O/c1-4-10-19(11-5-2)12-16(17)14-6-8-15(9-7-14)18-13(3)20/h6-9,16H,4-5,10-12H2,1-3H3,(H,18,20). The quantitative estimate of drug-likeness (QED) is 0.734. The van der Waals surface area contributed by atoms with Crippen LogP contribution in [-0.2, 0) is 4.79 Å². The lowest BCUT2D eigenvalue weighted by Gasteiger charge is -2.24. The summed E-state index contributed by atoms with van der Waals surface area (Å²) in [5.41, 5.74) is 1.90. The number of hydrogen-bond acceptors (Lipinski definition) is 2. The molecule has 1 aromatic rings. The fraction of sp³-hybridized carbons (Fsp3) is 0.562. The molecule has 1 N–H and O–H groups in total. The van der Waals surface area contributed by atoms with Crippen LogP contribution in [0.2, 0.25) is 0 Å². The first-order chi connectivity index (χ1) is 9.56. The lowest BCUT2D eigenvalue weighted by Crippen LogP contribution is -2.28. The van der Waals surface area contributed by atoms with Crippen LogP contribution in [-0.4, -0.2) is 30.4 Å². The van der Waals surface area contributed by atoms with Crippen LogP contribution < -0.4 is 5.32 Å². The second-order valence-corrected chi connectivity index (χ2v) is 5.60. The lowest BCUT2D eigenvalue weighted by atomic mass is 10.1. The smallest absolute Gasteiger partial charge is 0.221 e. The van der Waals surface area contributed by atoms with Gasteiger partial charge in [-0.3, -0.25) is 4.79 Å². The maximum Gasteiger partial charge on any atom is 0.221 e. The molecule has 0 aliphatic carbocycles. The zero-order valence-electron chi connectivity index (χ0n) is 12.7. The highest BCUT2D eigenvalue weighted by molar-refractivity contribution is 6.21. The predicted octanol–water partition coefficient (Wildman–Crippen LogP) is 4.05. The number of carbonyl (C=O) groups is 1. The molecule has 0 heterocycles. The van der Waals surface area contributed by atoms with Crippen molar-refractivity contribution in [2.24, 2.45) is 0 Å². The number of carbonyl (C=O) groups excluding carboxylic acids is 1. The summed E-state index contributed by atoms with van der Waals surface area (Å²) in [5.74, 6) is -0.0581. The fourth-order valence-corrected chi connectivity index (χ4v) is 2.58. The van der Waals surface area contributed by atoms with Gasteiger partial charge in [0.1, 0.15) is 0 Å². The first-order valence-corrected chi connectivity index (χ1v) is 7.74. The zero-order chi connectivity index (χ0) is 15.0. The van der Waals surface area contributed by atoms with E-state index in [4.69, 9.17) is 11.6 Å². The van der Waals surface area contributed by atoms with E-state index in [-0.39, 0.29) is 11.3 Å². The Labute approximate surface area is 127 Å². The first-order valence-electron chi connectivity index (χ1n) is 7.30. The predicted molar refractivity (Wildman–Crippen MR) is 86.4 cm³/mol. The average molecular weight is 297 g/mol. The molecule has 4 heteroatoms. The monoisotopic (exact) mass is 296 g/mol. The highest BCUT2D eigenvalue weighted by atomic mass is 35.5. The van der Waals surface area contributed by atoms with Gasteiger partial charge in [-0.05, 0) is 43.6 Å². The summed E-state index contributed by atoms with van der Waals surface area (Å²) in [6.45, 7) is 8.92.